The zero-order valence-corrected chi connectivity index (χ0v) is 14.4. The number of amides is 1. The van der Waals surface area contributed by atoms with Gasteiger partial charge in [0.2, 0.25) is 0 Å². The molecule has 5 nitrogen and oxygen atoms in total. The molecule has 1 aromatic heterocycles. The van der Waals surface area contributed by atoms with Gasteiger partial charge in [-0.25, -0.2) is 0 Å². The standard InChI is InChI=1S/C19H25N3O2/c1-15-14-18(20-21(15)2)19(23)22-11-8-16(9-12-22)10-13-24-17-6-4-3-5-7-17/h3-7,14,16H,8-13H2,1-2H3. The molecule has 0 atom stereocenters. The van der Waals surface area contributed by atoms with Crippen LogP contribution in [0.3, 0.4) is 0 Å². The molecule has 5 heteroatoms. The Kier molecular flexibility index (Phi) is 5.18. The number of hydrogen-bond acceptors (Lipinski definition) is 3. The van der Waals surface area contributed by atoms with Gasteiger partial charge in [-0.1, -0.05) is 18.2 Å². The lowest BCUT2D eigenvalue weighted by Crippen LogP contribution is -2.39. The summed E-state index contributed by atoms with van der Waals surface area (Å²) in [5, 5.41) is 4.29. The predicted molar refractivity (Wildman–Crippen MR) is 93.1 cm³/mol. The van der Waals surface area contributed by atoms with Crippen LogP contribution in [-0.4, -0.2) is 40.3 Å². The fourth-order valence-corrected chi connectivity index (χ4v) is 3.11. The second-order valence-electron chi connectivity index (χ2n) is 6.48. The summed E-state index contributed by atoms with van der Waals surface area (Å²) < 4.78 is 7.53. The van der Waals surface area contributed by atoms with Gasteiger partial charge in [0.1, 0.15) is 5.75 Å². The van der Waals surface area contributed by atoms with Crippen molar-refractivity contribution in [3.8, 4) is 5.75 Å². The highest BCUT2D eigenvalue weighted by molar-refractivity contribution is 5.92. The molecule has 1 aliphatic rings. The van der Waals surface area contributed by atoms with E-state index in [1.807, 2.05) is 55.3 Å². The first-order valence-corrected chi connectivity index (χ1v) is 8.61. The van der Waals surface area contributed by atoms with Crippen molar-refractivity contribution in [2.45, 2.75) is 26.2 Å². The summed E-state index contributed by atoms with van der Waals surface area (Å²) in [5.74, 6) is 1.61. The number of carbonyl (C=O) groups excluding carboxylic acids is 1. The Hall–Kier alpha value is -2.30. The minimum Gasteiger partial charge on any atom is -0.494 e. The zero-order chi connectivity index (χ0) is 16.9. The number of aromatic nitrogens is 2. The maximum atomic E-state index is 12.5. The molecule has 2 aromatic rings. The molecule has 1 aliphatic heterocycles. The van der Waals surface area contributed by atoms with E-state index in [-0.39, 0.29) is 5.91 Å². The smallest absolute Gasteiger partial charge is 0.274 e. The van der Waals surface area contributed by atoms with Gasteiger partial charge in [0.25, 0.3) is 5.91 Å². The zero-order valence-electron chi connectivity index (χ0n) is 14.4. The average molecular weight is 327 g/mol. The molecule has 3 rings (SSSR count). The molecular weight excluding hydrogens is 302 g/mol. The van der Waals surface area contributed by atoms with Gasteiger partial charge in [-0.15, -0.1) is 0 Å². The number of ether oxygens (including phenoxy) is 1. The van der Waals surface area contributed by atoms with Crippen molar-refractivity contribution < 1.29 is 9.53 Å². The molecule has 1 saturated heterocycles. The van der Waals surface area contributed by atoms with E-state index in [1.54, 1.807) is 4.68 Å². The largest absolute Gasteiger partial charge is 0.494 e. The second kappa shape index (κ2) is 7.51. The summed E-state index contributed by atoms with van der Waals surface area (Å²) in [7, 11) is 1.87. The highest BCUT2D eigenvalue weighted by Gasteiger charge is 2.25. The van der Waals surface area contributed by atoms with E-state index in [9.17, 15) is 4.79 Å². The van der Waals surface area contributed by atoms with E-state index in [4.69, 9.17) is 4.74 Å². The van der Waals surface area contributed by atoms with Crippen molar-refractivity contribution in [3.63, 3.8) is 0 Å². The van der Waals surface area contributed by atoms with Crippen LogP contribution in [0.2, 0.25) is 0 Å². The number of nitrogens with zero attached hydrogens (tertiary/aromatic N) is 3. The molecule has 0 spiro atoms. The molecule has 0 N–H and O–H groups in total. The molecular formula is C19H25N3O2. The SMILES string of the molecule is Cc1cc(C(=O)N2CCC(CCOc3ccccc3)CC2)nn1C. The number of benzene rings is 1. The van der Waals surface area contributed by atoms with Crippen LogP contribution in [0.5, 0.6) is 5.75 Å². The summed E-state index contributed by atoms with van der Waals surface area (Å²) in [5.41, 5.74) is 1.56. The molecule has 2 heterocycles. The van der Waals surface area contributed by atoms with Crippen molar-refractivity contribution in [3.05, 3.63) is 47.8 Å². The number of piperidine rings is 1. The second-order valence-corrected chi connectivity index (χ2v) is 6.48. The quantitative estimate of drug-likeness (QED) is 0.848. The predicted octanol–water partition coefficient (Wildman–Crippen LogP) is 3.05. The van der Waals surface area contributed by atoms with Crippen LogP contribution < -0.4 is 4.74 Å². The molecule has 0 bridgehead atoms. The number of para-hydroxylation sites is 1. The van der Waals surface area contributed by atoms with Crippen molar-refractivity contribution >= 4 is 5.91 Å². The average Bonchev–Trinajstić information content (AvgIpc) is 2.95. The normalized spacial score (nSPS) is 15.5. The Balaban J connectivity index is 1.43. The van der Waals surface area contributed by atoms with Gasteiger partial charge in [0, 0.05) is 25.8 Å². The summed E-state index contributed by atoms with van der Waals surface area (Å²) in [4.78, 5) is 14.4. The van der Waals surface area contributed by atoms with Gasteiger partial charge < -0.3 is 9.64 Å². The molecule has 0 saturated carbocycles. The molecule has 0 unspecified atom stereocenters. The maximum absolute atomic E-state index is 12.5. The lowest BCUT2D eigenvalue weighted by molar-refractivity contribution is 0.0673. The topological polar surface area (TPSA) is 47.4 Å². The maximum Gasteiger partial charge on any atom is 0.274 e. The van der Waals surface area contributed by atoms with E-state index < -0.39 is 0 Å². The van der Waals surface area contributed by atoms with E-state index in [1.165, 1.54) is 0 Å². The first kappa shape index (κ1) is 16.6. The monoisotopic (exact) mass is 327 g/mol. The molecule has 1 fully saturated rings. The van der Waals surface area contributed by atoms with Crippen LogP contribution in [0.25, 0.3) is 0 Å². The van der Waals surface area contributed by atoms with Crippen molar-refractivity contribution in [1.82, 2.24) is 14.7 Å². The fraction of sp³-hybridized carbons (Fsp3) is 0.474. The Morgan fingerprint density at radius 1 is 1.25 bits per heavy atom. The Labute approximate surface area is 143 Å². The lowest BCUT2D eigenvalue weighted by atomic mass is 9.94. The van der Waals surface area contributed by atoms with Crippen molar-refractivity contribution in [2.75, 3.05) is 19.7 Å². The van der Waals surface area contributed by atoms with Gasteiger partial charge in [-0.2, -0.15) is 5.10 Å². The number of carbonyl (C=O) groups is 1. The van der Waals surface area contributed by atoms with Gasteiger partial charge in [0.15, 0.2) is 5.69 Å². The Bertz CT molecular complexity index is 654. The molecule has 1 aromatic carbocycles. The fourth-order valence-electron chi connectivity index (χ4n) is 3.11. The molecule has 24 heavy (non-hydrogen) atoms. The van der Waals surface area contributed by atoms with Crippen LogP contribution in [-0.2, 0) is 7.05 Å². The molecule has 1 amide bonds. The molecule has 128 valence electrons. The Morgan fingerprint density at radius 3 is 2.58 bits per heavy atom. The van der Waals surface area contributed by atoms with Crippen LogP contribution in [0.4, 0.5) is 0 Å². The number of rotatable bonds is 5. The van der Waals surface area contributed by atoms with Gasteiger partial charge >= 0.3 is 0 Å². The third kappa shape index (κ3) is 3.96. The van der Waals surface area contributed by atoms with E-state index in [0.29, 0.717) is 11.6 Å². The third-order valence-electron chi connectivity index (χ3n) is 4.77. The molecule has 0 radical (unpaired) electrons. The van der Waals surface area contributed by atoms with Crippen molar-refractivity contribution in [1.29, 1.82) is 0 Å². The number of likely N-dealkylation sites (tertiary alicyclic amines) is 1. The van der Waals surface area contributed by atoms with Gasteiger partial charge in [-0.05, 0) is 50.3 Å². The van der Waals surface area contributed by atoms with Crippen LogP contribution >= 0.6 is 0 Å². The number of aryl methyl sites for hydroxylation is 2. The van der Waals surface area contributed by atoms with E-state index >= 15 is 0 Å². The van der Waals surface area contributed by atoms with Crippen LogP contribution in [0.15, 0.2) is 36.4 Å². The van der Waals surface area contributed by atoms with Crippen LogP contribution in [0, 0.1) is 12.8 Å². The first-order chi connectivity index (χ1) is 11.6. The summed E-state index contributed by atoms with van der Waals surface area (Å²) in [6, 6.07) is 11.8. The van der Waals surface area contributed by atoms with Crippen molar-refractivity contribution in [2.24, 2.45) is 13.0 Å². The Morgan fingerprint density at radius 2 is 1.96 bits per heavy atom. The van der Waals surface area contributed by atoms with E-state index in [0.717, 1.165) is 50.4 Å². The van der Waals surface area contributed by atoms with Crippen LogP contribution in [0.1, 0.15) is 35.4 Å². The third-order valence-corrected chi connectivity index (χ3v) is 4.77. The summed E-state index contributed by atoms with van der Waals surface area (Å²) in [6.45, 7) is 4.32. The minimum atomic E-state index is 0.0534. The molecule has 0 aliphatic carbocycles. The lowest BCUT2D eigenvalue weighted by Gasteiger charge is -2.31. The van der Waals surface area contributed by atoms with E-state index in [2.05, 4.69) is 5.10 Å². The minimum absolute atomic E-state index is 0.0534. The first-order valence-electron chi connectivity index (χ1n) is 8.61. The summed E-state index contributed by atoms with van der Waals surface area (Å²) >= 11 is 0. The summed E-state index contributed by atoms with van der Waals surface area (Å²) in [6.07, 6.45) is 3.12. The highest BCUT2D eigenvalue weighted by atomic mass is 16.5. The van der Waals surface area contributed by atoms with Gasteiger partial charge in [-0.3, -0.25) is 9.48 Å². The van der Waals surface area contributed by atoms with Gasteiger partial charge in [0.05, 0.1) is 6.61 Å². The number of hydrogen-bond donors (Lipinski definition) is 0. The highest BCUT2D eigenvalue weighted by Crippen LogP contribution is 2.22.